The molecule has 0 aromatic rings. The molecule has 3 fully saturated rings. The van der Waals surface area contributed by atoms with Crippen molar-refractivity contribution in [2.24, 2.45) is 34.0 Å². The molecule has 3 rings (SSSR count). The molecule has 4 nitrogen and oxygen atoms in total. The number of ether oxygens (including phenoxy) is 1. The normalized spacial score (nSPS) is 47.7. The maximum absolute atomic E-state index is 13.0. The number of carbonyl (C=O) groups is 2. The number of halogens is 3. The minimum Gasteiger partial charge on any atom is -0.454 e. The fourth-order valence-electron chi connectivity index (χ4n) is 6.76. The van der Waals surface area contributed by atoms with E-state index in [-0.39, 0.29) is 18.1 Å². The van der Waals surface area contributed by atoms with Gasteiger partial charge in [-0.05, 0) is 37.0 Å². The van der Waals surface area contributed by atoms with Crippen molar-refractivity contribution >= 4 is 11.8 Å². The van der Waals surface area contributed by atoms with Gasteiger partial charge in [-0.3, -0.25) is 4.79 Å². The van der Waals surface area contributed by atoms with Crippen LogP contribution in [-0.4, -0.2) is 35.2 Å². The Balaban J connectivity index is 2.17. The molecule has 164 valence electrons. The number of carbonyl (C=O) groups excluding carboxylic acids is 2. The molecule has 4 unspecified atom stereocenters. The summed E-state index contributed by atoms with van der Waals surface area (Å²) in [5.74, 6) is -3.01. The molecule has 0 saturated heterocycles. The van der Waals surface area contributed by atoms with Gasteiger partial charge in [-0.15, -0.1) is 6.58 Å². The second-order valence-electron chi connectivity index (χ2n) is 9.98. The summed E-state index contributed by atoms with van der Waals surface area (Å²) >= 11 is 0. The Morgan fingerprint density at radius 2 is 1.90 bits per heavy atom. The van der Waals surface area contributed by atoms with E-state index < -0.39 is 52.4 Å². The van der Waals surface area contributed by atoms with Crippen LogP contribution in [0, 0.1) is 34.0 Å². The van der Waals surface area contributed by atoms with Gasteiger partial charge in [-0.1, -0.05) is 33.8 Å². The number of aliphatic hydroxyl groups excluding tert-OH is 1. The minimum absolute atomic E-state index is 0.0630. The molecule has 1 N–H and O–H groups in total. The molecule has 8 atom stereocenters. The first-order valence-electron chi connectivity index (χ1n) is 10.4. The summed E-state index contributed by atoms with van der Waals surface area (Å²) in [5, 5.41) is 11.3. The van der Waals surface area contributed by atoms with Gasteiger partial charge in [0.2, 0.25) is 0 Å². The number of hydrogen-bond acceptors (Lipinski definition) is 4. The third kappa shape index (κ3) is 3.06. The molecule has 7 heteroatoms. The molecule has 0 spiro atoms. The standard InChI is InChI=1S/C22H31F3O4/c1-6-19(4)11-15(27)20(5)12(2)7-9-21(10-8-14(26)16(20)21)13(3)17(19)29-18(28)22(23,24)25/h6,12-13,15-17,27H,1,7-11H2,2-5H3/t12-,13?,15-,16?,17?,19+,20+,21?/m1/s1. The molecule has 0 aromatic heterocycles. The average Bonchev–Trinajstić information content (AvgIpc) is 2.99. The molecule has 0 aromatic carbocycles. The van der Waals surface area contributed by atoms with Crippen LogP contribution in [0.2, 0.25) is 0 Å². The number of ketones is 1. The van der Waals surface area contributed by atoms with Gasteiger partial charge in [-0.25, -0.2) is 4.79 Å². The van der Waals surface area contributed by atoms with Crippen molar-refractivity contribution in [2.45, 2.75) is 78.2 Å². The molecule has 29 heavy (non-hydrogen) atoms. The Morgan fingerprint density at radius 1 is 1.28 bits per heavy atom. The van der Waals surface area contributed by atoms with Crippen LogP contribution in [0.5, 0.6) is 0 Å². The average molecular weight is 416 g/mol. The lowest BCUT2D eigenvalue weighted by Crippen LogP contribution is -2.63. The Hall–Kier alpha value is -1.37. The first-order valence-corrected chi connectivity index (χ1v) is 10.4. The van der Waals surface area contributed by atoms with Gasteiger partial charge in [0.05, 0.1) is 6.10 Å². The monoisotopic (exact) mass is 416 g/mol. The maximum Gasteiger partial charge on any atom is 0.490 e. The van der Waals surface area contributed by atoms with E-state index in [0.717, 1.165) is 6.42 Å². The van der Waals surface area contributed by atoms with E-state index >= 15 is 0 Å². The number of Topliss-reactive ketones (excluding diaryl/α,β-unsaturated/α-hetero) is 1. The van der Waals surface area contributed by atoms with E-state index in [1.54, 1.807) is 13.8 Å². The number of rotatable bonds is 2. The third-order valence-corrected chi connectivity index (χ3v) is 8.75. The molecule has 0 aliphatic heterocycles. The van der Waals surface area contributed by atoms with Crippen molar-refractivity contribution in [3.05, 3.63) is 12.7 Å². The smallest absolute Gasteiger partial charge is 0.454 e. The molecule has 2 bridgehead atoms. The van der Waals surface area contributed by atoms with Crippen molar-refractivity contribution in [2.75, 3.05) is 0 Å². The predicted octanol–water partition coefficient (Wildman–Crippen LogP) is 4.46. The van der Waals surface area contributed by atoms with Gasteiger partial charge >= 0.3 is 12.1 Å². The number of alkyl halides is 3. The van der Waals surface area contributed by atoms with Gasteiger partial charge in [0.1, 0.15) is 11.9 Å². The van der Waals surface area contributed by atoms with E-state index in [0.29, 0.717) is 19.3 Å². The SMILES string of the molecule is C=C[C@@]1(C)C[C@@H](O)[C@@]2(C)C3C(=O)CCC3(CC[C@H]2C)C(C)C1OC(=O)C(F)(F)F. The molecule has 3 saturated carbocycles. The van der Waals surface area contributed by atoms with E-state index in [1.807, 2.05) is 13.8 Å². The largest absolute Gasteiger partial charge is 0.490 e. The van der Waals surface area contributed by atoms with E-state index in [9.17, 15) is 27.9 Å². The summed E-state index contributed by atoms with van der Waals surface area (Å²) in [6, 6.07) is 0. The van der Waals surface area contributed by atoms with Gasteiger partial charge in [0, 0.05) is 29.1 Å². The van der Waals surface area contributed by atoms with E-state index in [1.165, 1.54) is 6.08 Å². The van der Waals surface area contributed by atoms with Crippen LogP contribution in [0.4, 0.5) is 13.2 Å². The van der Waals surface area contributed by atoms with Gasteiger partial charge < -0.3 is 9.84 Å². The second-order valence-corrected chi connectivity index (χ2v) is 9.98. The van der Waals surface area contributed by atoms with Gasteiger partial charge in [-0.2, -0.15) is 13.2 Å². The minimum atomic E-state index is -5.11. The Bertz CT molecular complexity index is 719. The maximum atomic E-state index is 13.0. The van der Waals surface area contributed by atoms with Crippen LogP contribution < -0.4 is 0 Å². The van der Waals surface area contributed by atoms with Crippen molar-refractivity contribution in [3.63, 3.8) is 0 Å². The van der Waals surface area contributed by atoms with Crippen molar-refractivity contribution in [1.29, 1.82) is 0 Å². The Kier molecular flexibility index (Phi) is 5.25. The highest BCUT2D eigenvalue weighted by Gasteiger charge is 2.68. The molecule has 0 radical (unpaired) electrons. The summed E-state index contributed by atoms with van der Waals surface area (Å²) in [7, 11) is 0. The third-order valence-electron chi connectivity index (χ3n) is 8.75. The lowest BCUT2D eigenvalue weighted by Gasteiger charge is -2.61. The van der Waals surface area contributed by atoms with Crippen LogP contribution in [-0.2, 0) is 14.3 Å². The van der Waals surface area contributed by atoms with Gasteiger partial charge in [0.25, 0.3) is 0 Å². The predicted molar refractivity (Wildman–Crippen MR) is 101 cm³/mol. The Labute approximate surface area is 169 Å². The summed E-state index contributed by atoms with van der Waals surface area (Å²) in [6.07, 6.45) is -3.26. The molecule has 3 aliphatic carbocycles. The topological polar surface area (TPSA) is 63.6 Å². The van der Waals surface area contributed by atoms with E-state index in [2.05, 4.69) is 6.58 Å². The lowest BCUT2D eigenvalue weighted by molar-refractivity contribution is -0.229. The van der Waals surface area contributed by atoms with Crippen molar-refractivity contribution in [3.8, 4) is 0 Å². The molecule has 0 amide bonds. The zero-order valence-corrected chi connectivity index (χ0v) is 17.5. The summed E-state index contributed by atoms with van der Waals surface area (Å²) < 4.78 is 44.2. The molecular weight excluding hydrogens is 385 g/mol. The summed E-state index contributed by atoms with van der Waals surface area (Å²) in [4.78, 5) is 24.8. The number of esters is 1. The summed E-state index contributed by atoms with van der Waals surface area (Å²) in [6.45, 7) is 11.3. The zero-order chi connectivity index (χ0) is 22.0. The van der Waals surface area contributed by atoms with Crippen LogP contribution in [0.1, 0.15) is 59.8 Å². The van der Waals surface area contributed by atoms with Crippen molar-refractivity contribution < 1.29 is 32.6 Å². The van der Waals surface area contributed by atoms with Crippen molar-refractivity contribution in [1.82, 2.24) is 0 Å². The second kappa shape index (κ2) is 6.82. The van der Waals surface area contributed by atoms with Crippen LogP contribution in [0.15, 0.2) is 12.7 Å². The molecule has 0 heterocycles. The summed E-state index contributed by atoms with van der Waals surface area (Å²) in [5.41, 5.74) is -2.33. The first-order chi connectivity index (χ1) is 13.2. The fourth-order valence-corrected chi connectivity index (χ4v) is 6.76. The zero-order valence-electron chi connectivity index (χ0n) is 17.5. The van der Waals surface area contributed by atoms with Gasteiger partial charge in [0.15, 0.2) is 0 Å². The molecule has 3 aliphatic rings. The van der Waals surface area contributed by atoms with E-state index in [4.69, 9.17) is 4.74 Å². The van der Waals surface area contributed by atoms with Crippen LogP contribution in [0.3, 0.4) is 0 Å². The lowest BCUT2D eigenvalue weighted by atomic mass is 9.44. The first kappa shape index (κ1) is 22.3. The quantitative estimate of drug-likeness (QED) is 0.533. The van der Waals surface area contributed by atoms with Crippen LogP contribution in [0.25, 0.3) is 0 Å². The highest BCUT2D eigenvalue weighted by molar-refractivity contribution is 5.85. The highest BCUT2D eigenvalue weighted by atomic mass is 19.4. The number of aliphatic hydroxyl groups is 1. The molecular formula is C22H31F3O4. The number of hydrogen-bond donors (Lipinski definition) is 1. The van der Waals surface area contributed by atoms with Crippen LogP contribution >= 0.6 is 0 Å². The Morgan fingerprint density at radius 3 is 2.45 bits per heavy atom. The fraction of sp³-hybridized carbons (Fsp3) is 0.818. The highest BCUT2D eigenvalue weighted by Crippen LogP contribution is 2.67.